The van der Waals surface area contributed by atoms with Crippen LogP contribution in [-0.4, -0.2) is 83.9 Å². The molecule has 1 aliphatic heterocycles. The van der Waals surface area contributed by atoms with E-state index in [1.54, 1.807) is 24.1 Å². The molecule has 3 rings (SSSR count). The lowest BCUT2D eigenvalue weighted by Crippen LogP contribution is -2.47. The Hall–Kier alpha value is -1.95. The van der Waals surface area contributed by atoms with Gasteiger partial charge in [0, 0.05) is 53.9 Å². The fourth-order valence-corrected chi connectivity index (χ4v) is 3.56. The molecule has 2 heterocycles. The molecular formula is C20H32FIN8. The van der Waals surface area contributed by atoms with Crippen LogP contribution in [-0.2, 0) is 13.6 Å². The first-order valence-electron chi connectivity index (χ1n) is 10.0. The van der Waals surface area contributed by atoms with Crippen LogP contribution < -0.4 is 10.2 Å². The Balaban J connectivity index is 0.00000320. The quantitative estimate of drug-likeness (QED) is 0.255. The van der Waals surface area contributed by atoms with Gasteiger partial charge in [-0.1, -0.05) is 12.1 Å². The molecule has 2 aromatic rings. The van der Waals surface area contributed by atoms with Gasteiger partial charge in [0.05, 0.1) is 12.2 Å². The fraction of sp³-hybridized carbons (Fsp3) is 0.550. The number of aromatic nitrogens is 3. The average molecular weight is 530 g/mol. The molecule has 0 saturated carbocycles. The van der Waals surface area contributed by atoms with Crippen LogP contribution in [0.25, 0.3) is 0 Å². The van der Waals surface area contributed by atoms with Gasteiger partial charge in [0.2, 0.25) is 0 Å². The van der Waals surface area contributed by atoms with E-state index in [1.165, 1.54) is 6.07 Å². The maximum atomic E-state index is 13.9. The van der Waals surface area contributed by atoms with E-state index in [4.69, 9.17) is 0 Å². The molecule has 0 spiro atoms. The highest BCUT2D eigenvalue weighted by molar-refractivity contribution is 14.0. The van der Waals surface area contributed by atoms with Crippen molar-refractivity contribution in [2.45, 2.75) is 13.0 Å². The Bertz CT molecular complexity index is 804. The highest BCUT2D eigenvalue weighted by atomic mass is 127. The van der Waals surface area contributed by atoms with Crippen LogP contribution in [0.2, 0.25) is 0 Å². The van der Waals surface area contributed by atoms with Crippen molar-refractivity contribution in [3.05, 3.63) is 42.2 Å². The molecule has 0 unspecified atom stereocenters. The van der Waals surface area contributed by atoms with Crippen molar-refractivity contribution in [2.75, 3.05) is 58.3 Å². The molecular weight excluding hydrogens is 498 g/mol. The number of piperazine rings is 1. The fourth-order valence-electron chi connectivity index (χ4n) is 3.56. The number of halogens is 2. The summed E-state index contributed by atoms with van der Waals surface area (Å²) in [6.07, 6.45) is 2.59. The van der Waals surface area contributed by atoms with Crippen LogP contribution in [0.15, 0.2) is 35.6 Å². The molecule has 0 aliphatic carbocycles. The van der Waals surface area contributed by atoms with Gasteiger partial charge in [-0.25, -0.2) is 9.37 Å². The molecule has 1 fully saturated rings. The lowest BCUT2D eigenvalue weighted by molar-refractivity contribution is 0.254. The summed E-state index contributed by atoms with van der Waals surface area (Å²) >= 11 is 0. The summed E-state index contributed by atoms with van der Waals surface area (Å²) in [6.45, 7) is 6.14. The number of guanidine groups is 1. The molecule has 30 heavy (non-hydrogen) atoms. The minimum Gasteiger partial charge on any atom is -0.367 e. The number of hydrogen-bond acceptors (Lipinski definition) is 5. The number of aliphatic imine (C=N–C) groups is 1. The van der Waals surface area contributed by atoms with E-state index in [-0.39, 0.29) is 29.8 Å². The molecule has 10 heteroatoms. The minimum absolute atomic E-state index is 0. The van der Waals surface area contributed by atoms with E-state index in [1.807, 2.05) is 31.1 Å². The summed E-state index contributed by atoms with van der Waals surface area (Å²) in [6, 6.07) is 7.02. The highest BCUT2D eigenvalue weighted by Gasteiger charge is 2.19. The van der Waals surface area contributed by atoms with Gasteiger partial charge in [-0.3, -0.25) is 14.6 Å². The molecule has 8 nitrogen and oxygen atoms in total. The Morgan fingerprint density at radius 2 is 1.97 bits per heavy atom. The van der Waals surface area contributed by atoms with Gasteiger partial charge in [0.25, 0.3) is 0 Å². The van der Waals surface area contributed by atoms with E-state index in [9.17, 15) is 4.39 Å². The van der Waals surface area contributed by atoms with Gasteiger partial charge in [-0.15, -0.1) is 24.0 Å². The van der Waals surface area contributed by atoms with Gasteiger partial charge in [0.15, 0.2) is 5.96 Å². The van der Waals surface area contributed by atoms with Crippen molar-refractivity contribution in [3.63, 3.8) is 0 Å². The number of anilines is 1. The summed E-state index contributed by atoms with van der Waals surface area (Å²) in [5.74, 6) is 1.60. The van der Waals surface area contributed by atoms with Crippen molar-refractivity contribution >= 4 is 35.6 Å². The third-order valence-corrected chi connectivity index (χ3v) is 5.26. The minimum atomic E-state index is -0.137. The van der Waals surface area contributed by atoms with Crippen LogP contribution >= 0.6 is 24.0 Å². The van der Waals surface area contributed by atoms with E-state index in [0.717, 1.165) is 57.5 Å². The Morgan fingerprint density at radius 3 is 2.60 bits per heavy atom. The summed E-state index contributed by atoms with van der Waals surface area (Å²) in [5.41, 5.74) is 0.712. The monoisotopic (exact) mass is 530 g/mol. The molecule has 1 saturated heterocycles. The summed E-state index contributed by atoms with van der Waals surface area (Å²) in [5, 5.41) is 7.51. The first-order chi connectivity index (χ1) is 14.1. The molecule has 1 aliphatic rings. The third-order valence-electron chi connectivity index (χ3n) is 5.26. The first-order valence-corrected chi connectivity index (χ1v) is 10.0. The second-order valence-corrected chi connectivity index (χ2v) is 7.26. The lowest BCUT2D eigenvalue weighted by Gasteiger charge is -2.36. The maximum absolute atomic E-state index is 13.9. The lowest BCUT2D eigenvalue weighted by atomic mass is 10.2. The number of aryl methyl sites for hydroxylation is 1. The Kier molecular flexibility index (Phi) is 9.76. The van der Waals surface area contributed by atoms with Crippen molar-refractivity contribution in [1.82, 2.24) is 29.9 Å². The van der Waals surface area contributed by atoms with Crippen LogP contribution in [0.4, 0.5) is 10.1 Å². The smallest absolute Gasteiger partial charge is 0.193 e. The zero-order chi connectivity index (χ0) is 20.6. The standard InChI is InChI=1S/C20H31FN8.HI/c1-22-20(26(2)15-19-24-16-25-27(19)3)23-9-6-10-28-11-13-29(14-12-28)18-8-5-4-7-17(18)21;/h4-5,7-8,16H,6,9-15H2,1-3H3,(H,22,23);1H. The topological polar surface area (TPSA) is 64.8 Å². The number of para-hydroxylation sites is 1. The Labute approximate surface area is 195 Å². The molecule has 1 N–H and O–H groups in total. The molecule has 166 valence electrons. The molecule has 0 radical (unpaired) electrons. The molecule has 1 aromatic carbocycles. The zero-order valence-corrected chi connectivity index (χ0v) is 20.3. The normalized spacial score (nSPS) is 15.1. The predicted molar refractivity (Wildman–Crippen MR) is 129 cm³/mol. The average Bonchev–Trinajstić information content (AvgIpc) is 3.13. The second-order valence-electron chi connectivity index (χ2n) is 7.26. The van der Waals surface area contributed by atoms with E-state index in [0.29, 0.717) is 12.2 Å². The maximum Gasteiger partial charge on any atom is 0.193 e. The van der Waals surface area contributed by atoms with Gasteiger partial charge in [-0.2, -0.15) is 5.10 Å². The predicted octanol–water partition coefficient (Wildman–Crippen LogP) is 1.79. The van der Waals surface area contributed by atoms with Gasteiger partial charge >= 0.3 is 0 Å². The van der Waals surface area contributed by atoms with E-state index < -0.39 is 0 Å². The first kappa shape index (κ1) is 24.3. The van der Waals surface area contributed by atoms with E-state index in [2.05, 4.69) is 30.2 Å². The van der Waals surface area contributed by atoms with Crippen molar-refractivity contribution in [2.24, 2.45) is 12.0 Å². The van der Waals surface area contributed by atoms with Crippen LogP contribution in [0.1, 0.15) is 12.2 Å². The number of hydrogen-bond donors (Lipinski definition) is 1. The number of nitrogens with one attached hydrogen (secondary N) is 1. The van der Waals surface area contributed by atoms with Crippen molar-refractivity contribution in [1.29, 1.82) is 0 Å². The number of benzene rings is 1. The third kappa shape index (κ3) is 6.53. The summed E-state index contributed by atoms with van der Waals surface area (Å²) < 4.78 is 15.7. The van der Waals surface area contributed by atoms with E-state index >= 15 is 0 Å². The summed E-state index contributed by atoms with van der Waals surface area (Å²) in [4.78, 5) is 15.2. The van der Waals surface area contributed by atoms with Gasteiger partial charge in [-0.05, 0) is 25.1 Å². The largest absolute Gasteiger partial charge is 0.367 e. The molecule has 1 aromatic heterocycles. The van der Waals surface area contributed by atoms with Gasteiger partial charge in [0.1, 0.15) is 18.0 Å². The van der Waals surface area contributed by atoms with Gasteiger partial charge < -0.3 is 15.1 Å². The highest BCUT2D eigenvalue weighted by Crippen LogP contribution is 2.20. The van der Waals surface area contributed by atoms with Crippen LogP contribution in [0.5, 0.6) is 0 Å². The van der Waals surface area contributed by atoms with Crippen LogP contribution in [0.3, 0.4) is 0 Å². The Morgan fingerprint density at radius 1 is 1.23 bits per heavy atom. The van der Waals surface area contributed by atoms with Crippen LogP contribution in [0, 0.1) is 5.82 Å². The number of rotatable bonds is 7. The SMILES string of the molecule is CN=C(NCCCN1CCN(c2ccccc2F)CC1)N(C)Cc1ncnn1C.I. The van der Waals surface area contributed by atoms with Crippen molar-refractivity contribution < 1.29 is 4.39 Å². The number of nitrogens with zero attached hydrogens (tertiary/aromatic N) is 7. The summed E-state index contributed by atoms with van der Waals surface area (Å²) in [7, 11) is 5.67. The molecule has 0 amide bonds. The molecule has 0 bridgehead atoms. The van der Waals surface area contributed by atoms with Crippen molar-refractivity contribution in [3.8, 4) is 0 Å². The second kappa shape index (κ2) is 12.0. The zero-order valence-electron chi connectivity index (χ0n) is 18.0. The molecule has 0 atom stereocenters.